The Balaban J connectivity index is 1.57. The first-order valence-corrected chi connectivity index (χ1v) is 7.88. The average Bonchev–Trinajstić information content (AvgIpc) is 2.98. The van der Waals surface area contributed by atoms with Crippen LogP contribution in [0.2, 0.25) is 0 Å². The van der Waals surface area contributed by atoms with Crippen LogP contribution in [0.25, 0.3) is 0 Å². The highest BCUT2D eigenvalue weighted by Gasteiger charge is 2.24. The van der Waals surface area contributed by atoms with E-state index < -0.39 is 0 Å². The van der Waals surface area contributed by atoms with Gasteiger partial charge < -0.3 is 14.8 Å². The van der Waals surface area contributed by atoms with Crippen LogP contribution in [-0.4, -0.2) is 36.6 Å². The van der Waals surface area contributed by atoms with E-state index in [2.05, 4.69) is 16.6 Å². The Labute approximate surface area is 135 Å². The summed E-state index contributed by atoms with van der Waals surface area (Å²) in [5, 5.41) is 7.99. The lowest BCUT2D eigenvalue weighted by atomic mass is 10.1. The fourth-order valence-corrected chi connectivity index (χ4v) is 2.74. The molecule has 5 nitrogen and oxygen atoms in total. The van der Waals surface area contributed by atoms with E-state index in [0.29, 0.717) is 26.3 Å². The van der Waals surface area contributed by atoms with E-state index in [9.17, 15) is 4.39 Å². The van der Waals surface area contributed by atoms with Crippen LogP contribution in [-0.2, 0) is 29.0 Å². The Kier molecular flexibility index (Phi) is 5.38. The lowest BCUT2D eigenvalue weighted by molar-refractivity contribution is 0.0392. The van der Waals surface area contributed by atoms with Gasteiger partial charge in [0.2, 0.25) is 0 Å². The summed E-state index contributed by atoms with van der Waals surface area (Å²) in [5.41, 5.74) is 3.31. The summed E-state index contributed by atoms with van der Waals surface area (Å²) in [6.45, 7) is 3.48. The molecule has 1 N–H and O–H groups in total. The van der Waals surface area contributed by atoms with Crippen LogP contribution in [0.15, 0.2) is 30.5 Å². The number of fused-ring (bicyclic) bond motifs is 1. The van der Waals surface area contributed by atoms with Crippen molar-refractivity contribution < 1.29 is 13.9 Å². The third-order valence-electron chi connectivity index (χ3n) is 3.96. The summed E-state index contributed by atoms with van der Waals surface area (Å²) in [7, 11) is 1.69. The van der Waals surface area contributed by atoms with Crippen LogP contribution < -0.4 is 5.32 Å². The Morgan fingerprint density at radius 2 is 2.22 bits per heavy atom. The SMILES string of the molecule is COCCn1cc2c(n1)[C@H](CNCc1ccc(F)cc1)OCC2. The zero-order chi connectivity index (χ0) is 16.1. The fourth-order valence-electron chi connectivity index (χ4n) is 2.74. The fraction of sp³-hybridized carbons (Fsp3) is 0.471. The van der Waals surface area contributed by atoms with E-state index in [4.69, 9.17) is 9.47 Å². The highest BCUT2D eigenvalue weighted by Crippen LogP contribution is 2.25. The monoisotopic (exact) mass is 319 g/mol. The maximum absolute atomic E-state index is 12.9. The number of aromatic nitrogens is 2. The van der Waals surface area contributed by atoms with Gasteiger partial charge in [-0.2, -0.15) is 5.10 Å². The number of nitrogens with one attached hydrogen (secondary N) is 1. The van der Waals surface area contributed by atoms with Gasteiger partial charge in [-0.1, -0.05) is 12.1 Å². The van der Waals surface area contributed by atoms with E-state index >= 15 is 0 Å². The van der Waals surface area contributed by atoms with Crippen molar-refractivity contribution in [2.45, 2.75) is 25.6 Å². The van der Waals surface area contributed by atoms with Crippen LogP contribution in [0, 0.1) is 5.82 Å². The van der Waals surface area contributed by atoms with Crippen LogP contribution in [0.4, 0.5) is 4.39 Å². The average molecular weight is 319 g/mol. The number of hydrogen-bond donors (Lipinski definition) is 1. The third-order valence-corrected chi connectivity index (χ3v) is 3.96. The lowest BCUT2D eigenvalue weighted by Gasteiger charge is -2.22. The van der Waals surface area contributed by atoms with Gasteiger partial charge in [-0.3, -0.25) is 4.68 Å². The molecule has 0 bridgehead atoms. The van der Waals surface area contributed by atoms with E-state index in [1.54, 1.807) is 19.2 Å². The van der Waals surface area contributed by atoms with Gasteiger partial charge in [0, 0.05) is 26.4 Å². The number of methoxy groups -OCH3 is 1. The molecule has 6 heteroatoms. The minimum Gasteiger partial charge on any atom is -0.383 e. The van der Waals surface area contributed by atoms with Crippen LogP contribution in [0.1, 0.15) is 22.9 Å². The molecule has 2 heterocycles. The Hall–Kier alpha value is -1.76. The number of benzene rings is 1. The Morgan fingerprint density at radius 1 is 1.39 bits per heavy atom. The van der Waals surface area contributed by atoms with Gasteiger partial charge >= 0.3 is 0 Å². The molecule has 0 fully saturated rings. The maximum Gasteiger partial charge on any atom is 0.123 e. The molecule has 0 aliphatic carbocycles. The van der Waals surface area contributed by atoms with Crippen molar-refractivity contribution in [2.75, 3.05) is 26.9 Å². The van der Waals surface area contributed by atoms with Gasteiger partial charge in [0.15, 0.2) is 0 Å². The molecule has 1 aliphatic heterocycles. The first-order chi connectivity index (χ1) is 11.3. The summed E-state index contributed by atoms with van der Waals surface area (Å²) in [4.78, 5) is 0. The van der Waals surface area contributed by atoms with Crippen molar-refractivity contribution in [3.05, 3.63) is 53.1 Å². The van der Waals surface area contributed by atoms with Crippen molar-refractivity contribution in [3.63, 3.8) is 0 Å². The van der Waals surface area contributed by atoms with Gasteiger partial charge in [-0.05, 0) is 29.7 Å². The third kappa shape index (κ3) is 4.16. The summed E-state index contributed by atoms with van der Waals surface area (Å²) in [5.74, 6) is -0.212. The second-order valence-corrected chi connectivity index (χ2v) is 5.66. The Bertz CT molecular complexity index is 627. The highest BCUT2D eigenvalue weighted by atomic mass is 19.1. The summed E-state index contributed by atoms with van der Waals surface area (Å²) in [6.07, 6.45) is 2.95. The molecule has 0 unspecified atom stereocenters. The number of ether oxygens (including phenoxy) is 2. The number of hydrogen-bond acceptors (Lipinski definition) is 4. The molecule has 1 aromatic heterocycles. The van der Waals surface area contributed by atoms with Crippen LogP contribution >= 0.6 is 0 Å². The molecule has 0 radical (unpaired) electrons. The smallest absolute Gasteiger partial charge is 0.123 e. The second kappa shape index (κ2) is 7.68. The van der Waals surface area contributed by atoms with E-state index in [-0.39, 0.29) is 11.9 Å². The van der Waals surface area contributed by atoms with Gasteiger partial charge in [0.05, 0.1) is 25.5 Å². The lowest BCUT2D eigenvalue weighted by Crippen LogP contribution is -2.27. The van der Waals surface area contributed by atoms with E-state index in [1.807, 2.05) is 4.68 Å². The molecule has 1 aromatic carbocycles. The first-order valence-electron chi connectivity index (χ1n) is 7.88. The summed E-state index contributed by atoms with van der Waals surface area (Å²) >= 11 is 0. The molecule has 0 spiro atoms. The molecular formula is C17H22FN3O2. The normalized spacial score (nSPS) is 17.2. The van der Waals surface area contributed by atoms with Gasteiger partial charge in [-0.25, -0.2) is 4.39 Å². The standard InChI is InChI=1S/C17H22FN3O2/c1-22-9-7-21-12-14-6-8-23-16(17(14)20-21)11-19-10-13-2-4-15(18)5-3-13/h2-5,12,16,19H,6-11H2,1H3/t16-/m0/s1. The minimum atomic E-state index is -0.212. The second-order valence-electron chi connectivity index (χ2n) is 5.66. The Morgan fingerprint density at radius 3 is 3.00 bits per heavy atom. The molecule has 124 valence electrons. The van der Waals surface area contributed by atoms with Crippen molar-refractivity contribution in [3.8, 4) is 0 Å². The van der Waals surface area contributed by atoms with Crippen molar-refractivity contribution in [1.82, 2.24) is 15.1 Å². The molecule has 2 aromatic rings. The zero-order valence-corrected chi connectivity index (χ0v) is 13.3. The number of nitrogens with zero attached hydrogens (tertiary/aromatic N) is 2. The molecular weight excluding hydrogens is 297 g/mol. The molecule has 0 saturated heterocycles. The van der Waals surface area contributed by atoms with Crippen molar-refractivity contribution >= 4 is 0 Å². The van der Waals surface area contributed by atoms with Gasteiger partial charge in [-0.15, -0.1) is 0 Å². The topological polar surface area (TPSA) is 48.3 Å². The highest BCUT2D eigenvalue weighted by molar-refractivity contribution is 5.22. The maximum atomic E-state index is 12.9. The largest absolute Gasteiger partial charge is 0.383 e. The van der Waals surface area contributed by atoms with Crippen molar-refractivity contribution in [2.24, 2.45) is 0 Å². The molecule has 23 heavy (non-hydrogen) atoms. The molecule has 1 aliphatic rings. The first kappa shape index (κ1) is 16.1. The van der Waals surface area contributed by atoms with Crippen molar-refractivity contribution in [1.29, 1.82) is 0 Å². The minimum absolute atomic E-state index is 0.0389. The zero-order valence-electron chi connectivity index (χ0n) is 13.3. The number of rotatable bonds is 7. The van der Waals surface area contributed by atoms with E-state index in [1.165, 1.54) is 17.7 Å². The summed E-state index contributed by atoms with van der Waals surface area (Å²) < 4.78 is 25.8. The summed E-state index contributed by atoms with van der Waals surface area (Å²) in [6, 6.07) is 6.53. The van der Waals surface area contributed by atoms with E-state index in [0.717, 1.165) is 24.2 Å². The van der Waals surface area contributed by atoms with Gasteiger partial charge in [0.1, 0.15) is 11.9 Å². The molecule has 1 atom stereocenters. The predicted octanol–water partition coefficient (Wildman–Crippen LogP) is 2.07. The van der Waals surface area contributed by atoms with Gasteiger partial charge in [0.25, 0.3) is 0 Å². The van der Waals surface area contributed by atoms with Crippen LogP contribution in [0.3, 0.4) is 0 Å². The van der Waals surface area contributed by atoms with Crippen LogP contribution in [0.5, 0.6) is 0 Å². The molecule has 3 rings (SSSR count). The quantitative estimate of drug-likeness (QED) is 0.849. The molecule has 0 saturated carbocycles. The molecule has 0 amide bonds. The number of halogens is 1. The predicted molar refractivity (Wildman–Crippen MR) is 84.6 cm³/mol.